The molecule has 0 bridgehead atoms. The van der Waals surface area contributed by atoms with Gasteiger partial charge in [-0.05, 0) is 84.1 Å². The molecule has 2 atom stereocenters. The summed E-state index contributed by atoms with van der Waals surface area (Å²) in [5.41, 5.74) is 0. The minimum atomic E-state index is -4.36. The summed E-state index contributed by atoms with van der Waals surface area (Å²) < 4.78 is 33.1. The molecule has 2 N–H and O–H groups in total. The van der Waals surface area contributed by atoms with Gasteiger partial charge in [-0.25, -0.2) is 4.57 Å². The summed E-state index contributed by atoms with van der Waals surface area (Å²) in [7, 11) is -2.66. The summed E-state index contributed by atoms with van der Waals surface area (Å²) in [6.45, 7) is 4.14. The van der Waals surface area contributed by atoms with Gasteiger partial charge >= 0.3 is 19.8 Å². The van der Waals surface area contributed by atoms with E-state index in [1.807, 2.05) is 0 Å². The minimum Gasteiger partial charge on any atom is -0.462 e. The van der Waals surface area contributed by atoms with Crippen molar-refractivity contribution in [1.82, 2.24) is 5.32 Å². The molecule has 0 aromatic heterocycles. The number of esters is 2. The first-order chi connectivity index (χ1) is 26.3. The van der Waals surface area contributed by atoms with Crippen LogP contribution in [-0.4, -0.2) is 56.3 Å². The maximum atomic E-state index is 12.6. The van der Waals surface area contributed by atoms with Gasteiger partial charge in [0, 0.05) is 19.4 Å². The van der Waals surface area contributed by atoms with Gasteiger partial charge in [0.1, 0.15) is 6.61 Å². The average Bonchev–Trinajstić information content (AvgIpc) is 3.15. The van der Waals surface area contributed by atoms with E-state index in [0.717, 1.165) is 57.8 Å². The molecule has 0 spiro atoms. The topological polar surface area (TPSA) is 120 Å². The fourth-order valence-electron chi connectivity index (χ4n) is 5.61. The molecular formula is C44H80NO8P. The number of phosphoric ester groups is 1. The van der Waals surface area contributed by atoms with Gasteiger partial charge in [-0.1, -0.05) is 140 Å². The van der Waals surface area contributed by atoms with E-state index in [1.54, 1.807) is 7.05 Å². The highest BCUT2D eigenvalue weighted by atomic mass is 31.2. The van der Waals surface area contributed by atoms with Crippen molar-refractivity contribution < 1.29 is 37.6 Å². The molecular weight excluding hydrogens is 701 g/mol. The third kappa shape index (κ3) is 39.7. The van der Waals surface area contributed by atoms with Crippen LogP contribution in [0.3, 0.4) is 0 Å². The lowest BCUT2D eigenvalue weighted by atomic mass is 10.1. The van der Waals surface area contributed by atoms with Crippen molar-refractivity contribution in [3.05, 3.63) is 48.6 Å². The van der Waals surface area contributed by atoms with Crippen molar-refractivity contribution in [1.29, 1.82) is 0 Å². The van der Waals surface area contributed by atoms with E-state index in [4.69, 9.17) is 18.5 Å². The van der Waals surface area contributed by atoms with E-state index in [1.165, 1.54) is 83.5 Å². The third-order valence-corrected chi connectivity index (χ3v) is 9.91. The highest BCUT2D eigenvalue weighted by molar-refractivity contribution is 7.47. The van der Waals surface area contributed by atoms with Gasteiger partial charge in [-0.15, -0.1) is 0 Å². The van der Waals surface area contributed by atoms with Crippen molar-refractivity contribution in [2.75, 3.05) is 33.4 Å². The lowest BCUT2D eigenvalue weighted by Crippen LogP contribution is -2.29. The Morgan fingerprint density at radius 1 is 0.574 bits per heavy atom. The molecule has 0 aromatic carbocycles. The molecule has 0 fully saturated rings. The lowest BCUT2D eigenvalue weighted by Gasteiger charge is -2.20. The molecule has 0 rings (SSSR count). The summed E-state index contributed by atoms with van der Waals surface area (Å²) in [5, 5.41) is 2.82. The molecule has 314 valence electrons. The molecule has 0 saturated heterocycles. The van der Waals surface area contributed by atoms with Gasteiger partial charge in [-0.2, -0.15) is 0 Å². The zero-order valence-corrected chi connectivity index (χ0v) is 35.6. The highest BCUT2D eigenvalue weighted by Gasteiger charge is 2.26. The van der Waals surface area contributed by atoms with Gasteiger partial charge in [0.15, 0.2) is 6.10 Å². The minimum absolute atomic E-state index is 0.0250. The van der Waals surface area contributed by atoms with E-state index in [-0.39, 0.29) is 26.1 Å². The van der Waals surface area contributed by atoms with E-state index >= 15 is 0 Å². The van der Waals surface area contributed by atoms with Crippen molar-refractivity contribution in [2.45, 2.75) is 187 Å². The Morgan fingerprint density at radius 2 is 1.00 bits per heavy atom. The first-order valence-corrected chi connectivity index (χ1v) is 23.1. The maximum Gasteiger partial charge on any atom is 0.472 e. The Balaban J connectivity index is 4.30. The fraction of sp³-hybridized carbons (Fsp3) is 0.773. The molecule has 0 radical (unpaired) electrons. The predicted molar refractivity (Wildman–Crippen MR) is 224 cm³/mol. The van der Waals surface area contributed by atoms with Gasteiger partial charge in [0.05, 0.1) is 13.2 Å². The molecule has 0 aliphatic rings. The molecule has 0 aliphatic heterocycles. The number of allylic oxidation sites excluding steroid dienone is 8. The van der Waals surface area contributed by atoms with Crippen LogP contribution in [0.5, 0.6) is 0 Å². The van der Waals surface area contributed by atoms with Crippen molar-refractivity contribution in [3.8, 4) is 0 Å². The van der Waals surface area contributed by atoms with Crippen LogP contribution in [0.1, 0.15) is 181 Å². The average molecular weight is 782 g/mol. The number of unbranched alkanes of at least 4 members (excludes halogenated alkanes) is 18. The Kier molecular flexibility index (Phi) is 39.1. The van der Waals surface area contributed by atoms with Crippen LogP contribution in [0, 0.1) is 0 Å². The van der Waals surface area contributed by atoms with Crippen molar-refractivity contribution in [3.63, 3.8) is 0 Å². The smallest absolute Gasteiger partial charge is 0.462 e. The Bertz CT molecular complexity index is 1030. The normalized spacial score (nSPS) is 13.8. The SMILES string of the molecule is CCCCC/C=C\C/C=C\C/C=C\CCCCC(=O)OCC(COP(=O)(O)OCCNC)OC(=O)CCCCCCCCC/C=C\CCCCCCCC. The molecule has 9 nitrogen and oxygen atoms in total. The van der Waals surface area contributed by atoms with Crippen LogP contribution in [0.25, 0.3) is 0 Å². The molecule has 0 aliphatic carbocycles. The second-order valence-electron chi connectivity index (χ2n) is 14.2. The summed E-state index contributed by atoms with van der Waals surface area (Å²) in [6, 6.07) is 0. The largest absolute Gasteiger partial charge is 0.472 e. The molecule has 10 heteroatoms. The maximum absolute atomic E-state index is 12.6. The number of likely N-dealkylation sites (N-methyl/N-ethyl adjacent to an activating group) is 1. The standard InChI is InChI=1S/C44H80NO8P/c1-4-6-8-10-12-14-16-18-20-21-23-25-27-29-31-33-35-37-44(47)53-42(41-52-54(48,49)51-39-38-45-3)40-50-43(46)36-34-32-30-28-26-24-22-19-17-15-13-11-9-7-5-2/h13,15,18-20,22,26,28,42,45H,4-12,14,16-17,21,23-25,27,29-41H2,1-3H3,(H,48,49)/b15-13-,20-18-,22-19-,28-26-. The number of carbonyl (C=O) groups excluding carboxylic acids is 2. The third-order valence-electron chi connectivity index (χ3n) is 8.92. The Labute approximate surface area is 330 Å². The summed E-state index contributed by atoms with van der Waals surface area (Å²) in [6.07, 6.45) is 44.4. The van der Waals surface area contributed by atoms with Gasteiger partial charge < -0.3 is 19.7 Å². The summed E-state index contributed by atoms with van der Waals surface area (Å²) >= 11 is 0. The van der Waals surface area contributed by atoms with Crippen LogP contribution >= 0.6 is 7.82 Å². The van der Waals surface area contributed by atoms with E-state index in [9.17, 15) is 19.0 Å². The summed E-state index contributed by atoms with van der Waals surface area (Å²) in [5.74, 6) is -0.857. The fourth-order valence-corrected chi connectivity index (χ4v) is 6.36. The molecule has 2 unspecified atom stereocenters. The lowest BCUT2D eigenvalue weighted by molar-refractivity contribution is -0.161. The molecule has 0 amide bonds. The molecule has 0 aromatic rings. The second kappa shape index (κ2) is 40.6. The van der Waals surface area contributed by atoms with Gasteiger partial charge in [0.25, 0.3) is 0 Å². The molecule has 0 heterocycles. The summed E-state index contributed by atoms with van der Waals surface area (Å²) in [4.78, 5) is 35.0. The van der Waals surface area contributed by atoms with Crippen LogP contribution in [0.2, 0.25) is 0 Å². The van der Waals surface area contributed by atoms with Crippen LogP contribution in [0.15, 0.2) is 48.6 Å². The predicted octanol–water partition coefficient (Wildman–Crippen LogP) is 12.2. The van der Waals surface area contributed by atoms with Gasteiger partial charge in [-0.3, -0.25) is 18.6 Å². The molecule has 54 heavy (non-hydrogen) atoms. The number of hydrogen-bond acceptors (Lipinski definition) is 8. The number of nitrogens with one attached hydrogen (secondary N) is 1. The van der Waals surface area contributed by atoms with E-state index in [0.29, 0.717) is 19.4 Å². The highest BCUT2D eigenvalue weighted by Crippen LogP contribution is 2.43. The van der Waals surface area contributed by atoms with Crippen LogP contribution in [0.4, 0.5) is 0 Å². The Morgan fingerprint density at radius 3 is 1.57 bits per heavy atom. The quantitative estimate of drug-likeness (QED) is 0.0271. The second-order valence-corrected chi connectivity index (χ2v) is 15.6. The number of phosphoric acid groups is 1. The number of hydrogen-bond donors (Lipinski definition) is 2. The van der Waals surface area contributed by atoms with Gasteiger partial charge in [0.2, 0.25) is 0 Å². The Hall–Kier alpha value is -2.03. The number of rotatable bonds is 40. The first kappa shape index (κ1) is 52.0. The number of ether oxygens (including phenoxy) is 2. The zero-order chi connectivity index (χ0) is 39.6. The monoisotopic (exact) mass is 782 g/mol. The van der Waals surface area contributed by atoms with E-state index < -0.39 is 32.5 Å². The van der Waals surface area contributed by atoms with Crippen LogP contribution < -0.4 is 5.32 Å². The van der Waals surface area contributed by atoms with Crippen LogP contribution in [-0.2, 0) is 32.7 Å². The first-order valence-electron chi connectivity index (χ1n) is 21.6. The number of carbonyl (C=O) groups is 2. The van der Waals surface area contributed by atoms with Crippen molar-refractivity contribution in [2.24, 2.45) is 0 Å². The zero-order valence-electron chi connectivity index (χ0n) is 34.7. The molecule has 0 saturated carbocycles. The van der Waals surface area contributed by atoms with Crippen molar-refractivity contribution >= 4 is 19.8 Å². The van der Waals surface area contributed by atoms with E-state index in [2.05, 4.69) is 67.8 Å².